The number of rotatable bonds is 5. The summed E-state index contributed by atoms with van der Waals surface area (Å²) in [6.45, 7) is 0. The van der Waals surface area contributed by atoms with Crippen molar-refractivity contribution in [2.24, 2.45) is 0 Å². The zero-order valence-electron chi connectivity index (χ0n) is 15.6. The third kappa shape index (κ3) is 4.13. The van der Waals surface area contributed by atoms with Gasteiger partial charge >= 0.3 is 0 Å². The van der Waals surface area contributed by atoms with Crippen LogP contribution < -0.4 is 4.72 Å². The van der Waals surface area contributed by atoms with Crippen molar-refractivity contribution in [3.63, 3.8) is 0 Å². The Bertz CT molecular complexity index is 1340. The first-order valence-electron chi connectivity index (χ1n) is 8.63. The summed E-state index contributed by atoms with van der Waals surface area (Å²) in [5, 5.41) is 13.1. The fraction of sp³-hybridized carbons (Fsp3) is 0.0526. The Labute approximate surface area is 172 Å². The second-order valence-electron chi connectivity index (χ2n) is 6.21. The molecule has 11 heteroatoms. The van der Waals surface area contributed by atoms with Crippen LogP contribution in [0.15, 0.2) is 60.9 Å². The van der Waals surface area contributed by atoms with Crippen molar-refractivity contribution < 1.29 is 8.42 Å². The maximum absolute atomic E-state index is 11.6. The molecule has 4 rings (SSSR count). The van der Waals surface area contributed by atoms with Crippen LogP contribution in [0, 0.1) is 11.3 Å². The predicted molar refractivity (Wildman–Crippen MR) is 109 cm³/mol. The minimum Gasteiger partial charge on any atom is -0.251 e. The number of sulfonamides is 1. The quantitative estimate of drug-likeness (QED) is 0.519. The van der Waals surface area contributed by atoms with Gasteiger partial charge in [0, 0.05) is 11.1 Å². The van der Waals surface area contributed by atoms with Crippen molar-refractivity contribution in [3.05, 3.63) is 66.5 Å². The van der Waals surface area contributed by atoms with E-state index in [1.165, 1.54) is 11.0 Å². The Morgan fingerprint density at radius 3 is 2.17 bits per heavy atom. The largest absolute Gasteiger partial charge is 0.257 e. The van der Waals surface area contributed by atoms with E-state index in [1.54, 1.807) is 24.3 Å². The van der Waals surface area contributed by atoms with Gasteiger partial charge in [0.1, 0.15) is 6.33 Å². The molecule has 0 aliphatic rings. The fourth-order valence-corrected chi connectivity index (χ4v) is 3.09. The Balaban J connectivity index is 1.89. The van der Waals surface area contributed by atoms with Gasteiger partial charge in [0.05, 0.1) is 17.9 Å². The van der Waals surface area contributed by atoms with Gasteiger partial charge in [-0.1, -0.05) is 30.3 Å². The Hall–Kier alpha value is -4.17. The molecule has 10 nitrogen and oxygen atoms in total. The summed E-state index contributed by atoms with van der Waals surface area (Å²) in [4.78, 5) is 17.4. The van der Waals surface area contributed by atoms with Gasteiger partial charge in [-0.2, -0.15) is 30.0 Å². The van der Waals surface area contributed by atoms with Crippen LogP contribution >= 0.6 is 0 Å². The molecule has 0 fully saturated rings. The van der Waals surface area contributed by atoms with E-state index in [2.05, 4.69) is 35.8 Å². The molecule has 1 N–H and O–H groups in total. The molecule has 0 atom stereocenters. The van der Waals surface area contributed by atoms with Gasteiger partial charge in [-0.25, -0.2) is 13.4 Å². The standard InChI is InChI=1S/C19H14N8O2S/c1-30(28,29)26-18-21-12-22-27(18)19-24-16(14-5-3-2-4-6-14)23-17(25-19)15-9-7-13(11-20)8-10-15/h2-10,12H,1H3,(H,21,22,26). The average molecular weight is 418 g/mol. The SMILES string of the molecule is CS(=O)(=O)Nc1ncnn1-c1nc(-c2ccccc2)nc(-c2ccc(C#N)cc2)n1. The molecular weight excluding hydrogens is 404 g/mol. The molecule has 0 saturated carbocycles. The van der Waals surface area contributed by atoms with Crippen molar-refractivity contribution in [1.29, 1.82) is 5.26 Å². The highest BCUT2D eigenvalue weighted by atomic mass is 32.2. The van der Waals surface area contributed by atoms with Crippen LogP contribution in [0.5, 0.6) is 0 Å². The van der Waals surface area contributed by atoms with Gasteiger partial charge in [0.25, 0.3) is 5.95 Å². The van der Waals surface area contributed by atoms with Crippen LogP contribution in [-0.4, -0.2) is 44.4 Å². The molecule has 30 heavy (non-hydrogen) atoms. The summed E-state index contributed by atoms with van der Waals surface area (Å²) >= 11 is 0. The molecule has 0 bridgehead atoms. The number of nitrogens with zero attached hydrogens (tertiary/aromatic N) is 7. The molecule has 0 spiro atoms. The lowest BCUT2D eigenvalue weighted by Crippen LogP contribution is -2.16. The first kappa shape index (κ1) is 19.2. The topological polar surface area (TPSA) is 139 Å². The normalized spacial score (nSPS) is 11.1. The van der Waals surface area contributed by atoms with E-state index >= 15 is 0 Å². The second-order valence-corrected chi connectivity index (χ2v) is 7.96. The molecule has 0 radical (unpaired) electrons. The third-order valence-electron chi connectivity index (χ3n) is 3.94. The van der Waals surface area contributed by atoms with Crippen molar-refractivity contribution in [2.75, 3.05) is 11.0 Å². The lowest BCUT2D eigenvalue weighted by atomic mass is 10.1. The first-order chi connectivity index (χ1) is 14.4. The first-order valence-corrected chi connectivity index (χ1v) is 10.5. The number of nitrogens with one attached hydrogen (secondary N) is 1. The average Bonchev–Trinajstić information content (AvgIpc) is 3.20. The lowest BCUT2D eigenvalue weighted by molar-refractivity contribution is 0.606. The van der Waals surface area contributed by atoms with E-state index in [1.807, 2.05) is 30.3 Å². The van der Waals surface area contributed by atoms with E-state index in [4.69, 9.17) is 5.26 Å². The fourth-order valence-electron chi connectivity index (χ4n) is 2.62. The second kappa shape index (κ2) is 7.69. The highest BCUT2D eigenvalue weighted by molar-refractivity contribution is 7.92. The van der Waals surface area contributed by atoms with Gasteiger partial charge < -0.3 is 0 Å². The number of anilines is 1. The number of nitriles is 1. The minimum atomic E-state index is -3.58. The van der Waals surface area contributed by atoms with E-state index in [0.717, 1.165) is 11.8 Å². The van der Waals surface area contributed by atoms with Gasteiger partial charge in [0.15, 0.2) is 11.6 Å². The number of benzene rings is 2. The molecule has 2 heterocycles. The number of hydrogen-bond donors (Lipinski definition) is 1. The van der Waals surface area contributed by atoms with E-state index in [9.17, 15) is 8.42 Å². The maximum Gasteiger partial charge on any atom is 0.257 e. The molecule has 0 aliphatic carbocycles. The van der Waals surface area contributed by atoms with E-state index in [-0.39, 0.29) is 11.9 Å². The van der Waals surface area contributed by atoms with Gasteiger partial charge in [-0.05, 0) is 24.3 Å². The van der Waals surface area contributed by atoms with E-state index in [0.29, 0.717) is 22.8 Å². The Morgan fingerprint density at radius 2 is 1.57 bits per heavy atom. The van der Waals surface area contributed by atoms with E-state index < -0.39 is 10.0 Å². The van der Waals surface area contributed by atoms with Crippen LogP contribution in [0.25, 0.3) is 28.7 Å². The van der Waals surface area contributed by atoms with Gasteiger partial charge in [-0.3, -0.25) is 4.72 Å². The summed E-state index contributed by atoms with van der Waals surface area (Å²) in [5.41, 5.74) is 1.91. The highest BCUT2D eigenvalue weighted by Crippen LogP contribution is 2.22. The molecule has 0 amide bonds. The minimum absolute atomic E-state index is 0.0477. The summed E-state index contributed by atoms with van der Waals surface area (Å²) in [6.07, 6.45) is 2.21. The summed E-state index contributed by atoms with van der Waals surface area (Å²) in [7, 11) is -3.58. The third-order valence-corrected chi connectivity index (χ3v) is 4.50. The highest BCUT2D eigenvalue weighted by Gasteiger charge is 2.17. The maximum atomic E-state index is 11.6. The molecule has 0 aliphatic heterocycles. The molecule has 4 aromatic rings. The Kier molecular flexibility index (Phi) is 4.91. The molecule has 2 aromatic heterocycles. The van der Waals surface area contributed by atoms with Crippen LogP contribution in [0.1, 0.15) is 5.56 Å². The monoisotopic (exact) mass is 418 g/mol. The number of aromatic nitrogens is 6. The number of hydrogen-bond acceptors (Lipinski definition) is 8. The molecule has 2 aromatic carbocycles. The van der Waals surface area contributed by atoms with Crippen molar-refractivity contribution in [3.8, 4) is 34.8 Å². The zero-order chi connectivity index (χ0) is 21.1. The smallest absolute Gasteiger partial charge is 0.251 e. The predicted octanol–water partition coefficient (Wildman–Crippen LogP) is 2.03. The van der Waals surface area contributed by atoms with Crippen molar-refractivity contribution in [2.45, 2.75) is 0 Å². The van der Waals surface area contributed by atoms with Crippen molar-refractivity contribution in [1.82, 2.24) is 29.7 Å². The van der Waals surface area contributed by atoms with Crippen molar-refractivity contribution >= 4 is 16.0 Å². The summed E-state index contributed by atoms with van der Waals surface area (Å²) in [6, 6.07) is 18.1. The molecule has 148 valence electrons. The zero-order valence-corrected chi connectivity index (χ0v) is 16.4. The molecule has 0 saturated heterocycles. The van der Waals surface area contributed by atoms with Crippen LogP contribution in [0.4, 0.5) is 5.95 Å². The molecular formula is C19H14N8O2S. The summed E-state index contributed by atoms with van der Waals surface area (Å²) < 4.78 is 26.8. The van der Waals surface area contributed by atoms with Gasteiger partial charge in [-0.15, -0.1) is 0 Å². The summed E-state index contributed by atoms with van der Waals surface area (Å²) in [5.74, 6) is 0.755. The van der Waals surface area contributed by atoms with Crippen LogP contribution in [0.3, 0.4) is 0 Å². The van der Waals surface area contributed by atoms with Crippen LogP contribution in [-0.2, 0) is 10.0 Å². The van der Waals surface area contributed by atoms with Crippen LogP contribution in [0.2, 0.25) is 0 Å². The Morgan fingerprint density at radius 1 is 0.933 bits per heavy atom. The van der Waals surface area contributed by atoms with Gasteiger partial charge in [0.2, 0.25) is 16.0 Å². The molecule has 0 unspecified atom stereocenters. The lowest BCUT2D eigenvalue weighted by Gasteiger charge is -2.09.